The molecule has 5 heterocycles. The van der Waals surface area contributed by atoms with E-state index in [4.69, 9.17) is 23.7 Å². The molecule has 0 amide bonds. The van der Waals surface area contributed by atoms with E-state index in [0.717, 1.165) is 68.1 Å². The fourth-order valence-electron chi connectivity index (χ4n) is 16.4. The third-order valence-corrected chi connectivity index (χ3v) is 20.0. The quantitative estimate of drug-likeness (QED) is 0.0320. The van der Waals surface area contributed by atoms with E-state index in [-0.39, 0.29) is 86.6 Å². The molecule has 2 aromatic carbocycles. The minimum Gasteiger partial charge on any atom is -0.482 e. The Kier molecular flexibility index (Phi) is 17.4. The second-order valence-electron chi connectivity index (χ2n) is 24.4. The van der Waals surface area contributed by atoms with Crippen molar-refractivity contribution in [1.29, 1.82) is 5.26 Å². The first-order valence-electron chi connectivity index (χ1n) is 29.4. The molecule has 1 aromatic heterocycles. The van der Waals surface area contributed by atoms with Crippen molar-refractivity contribution in [2.24, 2.45) is 40.4 Å². The summed E-state index contributed by atoms with van der Waals surface area (Å²) in [6, 6.07) is 16.4. The Balaban J connectivity index is 1.08. The molecule has 0 radical (unpaired) electrons. The highest BCUT2D eigenvalue weighted by Crippen LogP contribution is 2.74. The molecule has 4 aliphatic heterocycles. The molecule has 430 valence electrons. The zero-order valence-corrected chi connectivity index (χ0v) is 46.4. The van der Waals surface area contributed by atoms with E-state index in [1.165, 1.54) is 0 Å². The molecule has 1 saturated heterocycles. The lowest BCUT2D eigenvalue weighted by molar-refractivity contribution is -0.337. The van der Waals surface area contributed by atoms with Crippen molar-refractivity contribution in [1.82, 2.24) is 4.57 Å². The lowest BCUT2D eigenvalue weighted by Gasteiger charge is -2.54. The molecule has 80 heavy (non-hydrogen) atoms. The number of hydrogen-bond acceptors (Lipinski definition) is 13. The van der Waals surface area contributed by atoms with Gasteiger partial charge in [-0.3, -0.25) is 0 Å². The van der Waals surface area contributed by atoms with Gasteiger partial charge in [-0.25, -0.2) is 4.79 Å². The van der Waals surface area contributed by atoms with Crippen LogP contribution in [0.25, 0.3) is 0 Å². The zero-order chi connectivity index (χ0) is 56.4. The van der Waals surface area contributed by atoms with Crippen LogP contribution in [-0.4, -0.2) is 121 Å². The zero-order valence-electron chi connectivity index (χ0n) is 46.4. The highest BCUT2D eigenvalue weighted by Gasteiger charge is 2.71. The molecule has 17 unspecified atom stereocenters. The molecule has 3 spiro atoms. The molecule has 4 fully saturated rings. The largest absolute Gasteiger partial charge is 0.482 e. The van der Waals surface area contributed by atoms with E-state index < -0.39 is 71.4 Å². The summed E-state index contributed by atoms with van der Waals surface area (Å²) in [7, 11) is 1.61. The van der Waals surface area contributed by atoms with Crippen LogP contribution in [0.2, 0.25) is 0 Å². The maximum absolute atomic E-state index is 13.8. The van der Waals surface area contributed by atoms with Crippen molar-refractivity contribution >= 4 is 5.97 Å². The van der Waals surface area contributed by atoms with Crippen LogP contribution in [-0.2, 0) is 31.8 Å². The highest BCUT2D eigenvalue weighted by molar-refractivity contribution is 5.87. The van der Waals surface area contributed by atoms with Crippen LogP contribution >= 0.6 is 0 Å². The number of hydrogen-bond donors (Lipinski definition) is 7. The van der Waals surface area contributed by atoms with Gasteiger partial charge in [0.05, 0.1) is 47.8 Å². The monoisotopic (exact) mass is 1100 g/mol. The number of nitriles is 1. The first kappa shape index (κ1) is 57.8. The number of carboxylic acids is 1. The number of rotatable bonds is 20. The van der Waals surface area contributed by atoms with Gasteiger partial charge in [0.25, 0.3) is 0 Å². The van der Waals surface area contributed by atoms with E-state index in [1.807, 2.05) is 41.0 Å². The van der Waals surface area contributed by atoms with Gasteiger partial charge in [0.2, 0.25) is 6.29 Å². The standard InChI is InChI=1S/C65H82N2O13/c1-4-6-7-13-49-33-62(27-24-56-63(75,40-62)34-51-50(23-21-47-12-8-26-64(47,51)56)43-16-18-44(19-17-43)60(73)74)52-35-65(80-49)59(72)57(71)58(55(15-9-29-68)77-30-10-14-54(52)70)79-61(65)78-48-22-20-42(11-5-2)45(32-48)31-46(39-76-3)53(38-69)67-28-25-41(36-66)37-67/h5,16-20,22,24-25,27-28,32-33,37,46-47,50-59,61,68-72,75H,2,4,6-9,11-15,21,23,26,29,31,34-35,38-40H2,1,3H3,(H,73,74). The minimum absolute atomic E-state index is 0.0187. The number of aliphatic hydroxyl groups excluding tert-OH is 5. The number of aromatic carboxylic acids is 1. The van der Waals surface area contributed by atoms with Crippen LogP contribution < -0.4 is 4.74 Å². The summed E-state index contributed by atoms with van der Waals surface area (Å²) >= 11 is 0. The van der Waals surface area contributed by atoms with Crippen LogP contribution in [0.5, 0.6) is 5.75 Å². The summed E-state index contributed by atoms with van der Waals surface area (Å²) in [6.07, 6.45) is 16.8. The van der Waals surface area contributed by atoms with Crippen molar-refractivity contribution in [3.63, 3.8) is 0 Å². The number of carbonyl (C=O) groups is 1. The Bertz CT molecular complexity index is 2850. The second kappa shape index (κ2) is 24.2. The fraction of sp³-hybridized carbons (Fsp3) is 0.600. The number of unbranched alkanes of at least 4 members (excludes halogenated alkanes) is 2. The summed E-state index contributed by atoms with van der Waals surface area (Å²) < 4.78 is 35.4. The van der Waals surface area contributed by atoms with E-state index in [2.05, 4.69) is 49.8 Å². The normalized spacial score (nSPS) is 35.7. The van der Waals surface area contributed by atoms with E-state index >= 15 is 0 Å². The van der Waals surface area contributed by atoms with Gasteiger partial charge in [-0.2, -0.15) is 5.26 Å². The number of aromatic nitrogens is 1. The summed E-state index contributed by atoms with van der Waals surface area (Å²) in [4.78, 5) is 11.9. The molecule has 3 aromatic rings. The third kappa shape index (κ3) is 10.7. The van der Waals surface area contributed by atoms with Crippen LogP contribution in [0.4, 0.5) is 0 Å². The van der Waals surface area contributed by atoms with Gasteiger partial charge in [0, 0.05) is 68.5 Å². The van der Waals surface area contributed by atoms with Gasteiger partial charge >= 0.3 is 5.97 Å². The topological polar surface area (TPSA) is 234 Å². The van der Waals surface area contributed by atoms with E-state index in [0.29, 0.717) is 48.7 Å². The fourth-order valence-corrected chi connectivity index (χ4v) is 16.4. The van der Waals surface area contributed by atoms with Crippen molar-refractivity contribution in [3.8, 4) is 23.8 Å². The first-order chi connectivity index (χ1) is 38.7. The summed E-state index contributed by atoms with van der Waals surface area (Å²) in [5.74, 6) is 2.40. The summed E-state index contributed by atoms with van der Waals surface area (Å²) in [6.45, 7) is 6.05. The van der Waals surface area contributed by atoms with Crippen LogP contribution in [0.3, 0.4) is 0 Å². The van der Waals surface area contributed by atoms with Gasteiger partial charge < -0.3 is 64.0 Å². The summed E-state index contributed by atoms with van der Waals surface area (Å²) in [5, 5.41) is 92.8. The molecule has 17 atom stereocenters. The predicted octanol–water partition coefficient (Wildman–Crippen LogP) is 8.45. The van der Waals surface area contributed by atoms with E-state index in [1.54, 1.807) is 37.7 Å². The van der Waals surface area contributed by atoms with Crippen molar-refractivity contribution in [3.05, 3.63) is 125 Å². The van der Waals surface area contributed by atoms with Gasteiger partial charge in [-0.15, -0.1) is 6.58 Å². The van der Waals surface area contributed by atoms with Crippen LogP contribution in [0.1, 0.15) is 148 Å². The molecule has 8 aliphatic rings. The van der Waals surface area contributed by atoms with Crippen molar-refractivity contribution in [2.75, 3.05) is 26.9 Å². The third-order valence-electron chi connectivity index (χ3n) is 20.0. The molecule has 15 heteroatoms. The lowest BCUT2D eigenvalue weighted by atomic mass is 9.52. The Hall–Kier alpha value is -5.46. The number of ether oxygens (including phenoxy) is 5. The minimum atomic E-state index is -1.87. The number of aliphatic hydroxyl groups is 6. The molecular weight excluding hydrogens is 1020 g/mol. The second-order valence-corrected chi connectivity index (χ2v) is 24.4. The van der Waals surface area contributed by atoms with Gasteiger partial charge in [0.1, 0.15) is 42.3 Å². The smallest absolute Gasteiger partial charge is 0.335 e. The van der Waals surface area contributed by atoms with Gasteiger partial charge in [-0.05, 0) is 147 Å². The average molecular weight is 1100 g/mol. The Morgan fingerprint density at radius 1 is 1.04 bits per heavy atom. The lowest BCUT2D eigenvalue weighted by Crippen LogP contribution is -2.71. The molecule has 15 nitrogen and oxygen atoms in total. The van der Waals surface area contributed by atoms with Crippen LogP contribution in [0, 0.1) is 63.8 Å². The Morgan fingerprint density at radius 3 is 2.59 bits per heavy atom. The molecular formula is C65H82N2O13. The maximum Gasteiger partial charge on any atom is 0.335 e. The van der Waals surface area contributed by atoms with Gasteiger partial charge in [0.15, 0.2) is 5.60 Å². The van der Waals surface area contributed by atoms with Crippen LogP contribution in [0.15, 0.2) is 97.6 Å². The molecule has 3 bridgehead atoms. The number of nitrogens with zero attached hydrogens (tertiary/aromatic N) is 2. The maximum atomic E-state index is 13.8. The Morgan fingerprint density at radius 2 is 1.86 bits per heavy atom. The van der Waals surface area contributed by atoms with Crippen molar-refractivity contribution < 1.29 is 64.2 Å². The Labute approximate surface area is 470 Å². The summed E-state index contributed by atoms with van der Waals surface area (Å²) in [5.41, 5.74) is -0.710. The van der Waals surface area contributed by atoms with Gasteiger partial charge in [-0.1, -0.05) is 68.5 Å². The molecule has 4 aliphatic carbocycles. The number of methoxy groups -OCH3 is 1. The molecule has 11 rings (SSSR count). The first-order valence-corrected chi connectivity index (χ1v) is 29.4. The van der Waals surface area contributed by atoms with Crippen molar-refractivity contribution in [2.45, 2.75) is 176 Å². The molecule has 3 saturated carbocycles. The highest BCUT2D eigenvalue weighted by atomic mass is 16.7. The number of benzene rings is 2. The average Bonchev–Trinajstić information content (AvgIpc) is 4.31. The number of allylic oxidation sites excluding steroid dienone is 4. The SMILES string of the molecule is C=CCc1ccc(OC2OC3C(CCCO)OC#CCC(O)C4CC2(OC(CCCCC)=CC42C=CC4C(O)(CC5C(c6ccc(C(=O)O)cc6)CCC6CCCC654)C2)C(O)C3O)cc1CC(COC)C(CO)n1ccc(C#N)c1. The predicted molar refractivity (Wildman–Crippen MR) is 298 cm³/mol. The number of fused-ring (bicyclic) bond motifs is 7. The number of carboxylic acid groups (broad SMARTS) is 1. The molecule has 7 N–H and O–H groups in total. The van der Waals surface area contributed by atoms with E-state index in [9.17, 15) is 45.8 Å².